The van der Waals surface area contributed by atoms with Gasteiger partial charge in [0.1, 0.15) is 11.3 Å². The van der Waals surface area contributed by atoms with Crippen LogP contribution in [0.1, 0.15) is 5.69 Å². The number of aromatic nitrogens is 5. The number of hydrogen-bond donors (Lipinski definition) is 1. The predicted molar refractivity (Wildman–Crippen MR) is 101 cm³/mol. The lowest BCUT2D eigenvalue weighted by Crippen LogP contribution is -2.31. The fraction of sp³-hybridized carbons (Fsp3) is 0.118. The Morgan fingerprint density at radius 2 is 2.00 bits per heavy atom. The Morgan fingerprint density at radius 1 is 1.26 bits per heavy atom. The molecule has 0 unspecified atom stereocenters. The number of ether oxygens (including phenoxy) is 1. The molecule has 136 valence electrons. The standard InChI is InChI=1S/C17H13FN6O2S/c1-26-8-11-13(9-2-4-10(18)5-3-9)15-21-20-14-12(24(15)22-11)6-7-23(16(14)25)17(19)27/h2-7H,8H2,1H3,(H2,19,27). The van der Waals surface area contributed by atoms with Gasteiger partial charge in [-0.25, -0.2) is 8.91 Å². The fourth-order valence-corrected chi connectivity index (χ4v) is 3.06. The minimum absolute atomic E-state index is 0.0786. The number of nitrogens with two attached hydrogens (primary N) is 1. The second-order valence-corrected chi connectivity index (χ2v) is 6.18. The molecule has 8 nitrogen and oxygen atoms in total. The lowest BCUT2D eigenvalue weighted by atomic mass is 10.1. The Labute approximate surface area is 157 Å². The minimum atomic E-state index is -0.485. The Morgan fingerprint density at radius 3 is 2.67 bits per heavy atom. The largest absolute Gasteiger partial charge is 0.378 e. The van der Waals surface area contributed by atoms with Gasteiger partial charge in [-0.3, -0.25) is 9.36 Å². The summed E-state index contributed by atoms with van der Waals surface area (Å²) in [7, 11) is 1.54. The Bertz CT molecular complexity index is 1250. The van der Waals surface area contributed by atoms with Gasteiger partial charge in [-0.2, -0.15) is 5.10 Å². The molecule has 10 heteroatoms. The predicted octanol–water partition coefficient (Wildman–Crippen LogP) is 1.48. The number of pyridine rings is 1. The number of nitrogens with zero attached hydrogens (tertiary/aromatic N) is 5. The van der Waals surface area contributed by atoms with Crippen LogP contribution in [-0.4, -0.2) is 36.6 Å². The monoisotopic (exact) mass is 384 g/mol. The molecule has 0 aliphatic rings. The summed E-state index contributed by atoms with van der Waals surface area (Å²) in [5.74, 6) is -0.349. The van der Waals surface area contributed by atoms with Gasteiger partial charge in [-0.15, -0.1) is 10.2 Å². The lowest BCUT2D eigenvalue weighted by Gasteiger charge is -2.05. The van der Waals surface area contributed by atoms with Crippen LogP contribution in [0.25, 0.3) is 27.8 Å². The van der Waals surface area contributed by atoms with Crippen LogP contribution in [0.15, 0.2) is 41.3 Å². The summed E-state index contributed by atoms with van der Waals surface area (Å²) >= 11 is 4.87. The second kappa shape index (κ2) is 6.49. The van der Waals surface area contributed by atoms with E-state index in [0.717, 1.165) is 4.57 Å². The van der Waals surface area contributed by atoms with E-state index in [-0.39, 0.29) is 23.1 Å². The number of benzene rings is 1. The maximum Gasteiger partial charge on any atom is 0.286 e. The third kappa shape index (κ3) is 2.75. The average molecular weight is 384 g/mol. The van der Waals surface area contributed by atoms with Crippen LogP contribution in [-0.2, 0) is 11.3 Å². The van der Waals surface area contributed by atoms with Gasteiger partial charge in [-0.1, -0.05) is 12.1 Å². The van der Waals surface area contributed by atoms with Crippen molar-refractivity contribution in [3.05, 3.63) is 58.4 Å². The first-order valence-corrected chi connectivity index (χ1v) is 8.26. The number of rotatable bonds is 3. The van der Waals surface area contributed by atoms with E-state index in [2.05, 4.69) is 15.3 Å². The van der Waals surface area contributed by atoms with Crippen LogP contribution in [0.3, 0.4) is 0 Å². The van der Waals surface area contributed by atoms with Crippen LogP contribution in [0.2, 0.25) is 0 Å². The minimum Gasteiger partial charge on any atom is -0.378 e. The molecule has 0 radical (unpaired) electrons. The molecule has 0 atom stereocenters. The summed E-state index contributed by atoms with van der Waals surface area (Å²) in [6, 6.07) is 7.59. The molecular formula is C17H13FN6O2S. The number of fused-ring (bicyclic) bond motifs is 3. The van der Waals surface area contributed by atoms with E-state index < -0.39 is 5.56 Å². The van der Waals surface area contributed by atoms with Crippen molar-refractivity contribution in [3.8, 4) is 11.1 Å². The number of halogens is 1. The van der Waals surface area contributed by atoms with Crippen molar-refractivity contribution < 1.29 is 9.13 Å². The molecule has 0 saturated heterocycles. The van der Waals surface area contributed by atoms with Gasteiger partial charge in [0, 0.05) is 13.3 Å². The molecule has 4 rings (SSSR count). The molecule has 2 N–H and O–H groups in total. The molecule has 0 bridgehead atoms. The second-order valence-electron chi connectivity index (χ2n) is 5.76. The molecule has 0 aliphatic carbocycles. The first-order valence-electron chi connectivity index (χ1n) is 7.85. The molecule has 1 aromatic carbocycles. The lowest BCUT2D eigenvalue weighted by molar-refractivity contribution is 0.181. The van der Waals surface area contributed by atoms with E-state index in [9.17, 15) is 9.18 Å². The van der Waals surface area contributed by atoms with E-state index in [1.807, 2.05) is 0 Å². The molecule has 4 aromatic rings. The average Bonchev–Trinajstić information content (AvgIpc) is 3.01. The zero-order valence-electron chi connectivity index (χ0n) is 14.1. The number of methoxy groups -OCH3 is 1. The molecule has 27 heavy (non-hydrogen) atoms. The fourth-order valence-electron chi connectivity index (χ4n) is 2.91. The van der Waals surface area contributed by atoms with Crippen molar-refractivity contribution in [2.75, 3.05) is 7.11 Å². The first kappa shape index (κ1) is 17.2. The topological polar surface area (TPSA) is 100 Å². The van der Waals surface area contributed by atoms with Crippen LogP contribution in [0.4, 0.5) is 4.39 Å². The van der Waals surface area contributed by atoms with Gasteiger partial charge in [0.2, 0.25) is 0 Å². The van der Waals surface area contributed by atoms with E-state index in [1.54, 1.807) is 25.3 Å². The van der Waals surface area contributed by atoms with Gasteiger partial charge in [0.05, 0.1) is 17.9 Å². The van der Waals surface area contributed by atoms with Crippen molar-refractivity contribution in [1.29, 1.82) is 0 Å². The third-order valence-electron chi connectivity index (χ3n) is 4.10. The Balaban J connectivity index is 2.06. The van der Waals surface area contributed by atoms with E-state index in [1.165, 1.54) is 22.8 Å². The van der Waals surface area contributed by atoms with Crippen LogP contribution in [0.5, 0.6) is 0 Å². The highest BCUT2D eigenvalue weighted by atomic mass is 32.1. The highest BCUT2D eigenvalue weighted by Crippen LogP contribution is 2.29. The molecule has 0 saturated carbocycles. The normalized spacial score (nSPS) is 11.3. The first-order chi connectivity index (χ1) is 13.0. The van der Waals surface area contributed by atoms with Gasteiger partial charge >= 0.3 is 0 Å². The Hall–Kier alpha value is -3.24. The smallest absolute Gasteiger partial charge is 0.286 e. The van der Waals surface area contributed by atoms with E-state index >= 15 is 0 Å². The molecule has 0 aliphatic heterocycles. The molecule has 3 heterocycles. The maximum absolute atomic E-state index is 13.3. The third-order valence-corrected chi connectivity index (χ3v) is 4.30. The SMILES string of the molecule is COCc1nn2c(nnc3c(=O)n(C(N)=S)ccc32)c1-c1ccc(F)cc1. The van der Waals surface area contributed by atoms with Crippen molar-refractivity contribution in [1.82, 2.24) is 24.4 Å². The molecule has 0 fully saturated rings. The quantitative estimate of drug-likeness (QED) is 0.534. The molecular weight excluding hydrogens is 371 g/mol. The summed E-state index contributed by atoms with van der Waals surface area (Å²) in [6.07, 6.45) is 1.46. The number of thiocarbonyl (C=S) groups is 1. The highest BCUT2D eigenvalue weighted by molar-refractivity contribution is 7.80. The van der Waals surface area contributed by atoms with Gasteiger partial charge < -0.3 is 10.5 Å². The molecule has 3 aromatic heterocycles. The van der Waals surface area contributed by atoms with Crippen LogP contribution >= 0.6 is 12.2 Å². The summed E-state index contributed by atoms with van der Waals surface area (Å²) in [5, 5.41) is 12.7. The van der Waals surface area contributed by atoms with Crippen molar-refractivity contribution in [2.24, 2.45) is 5.73 Å². The summed E-state index contributed by atoms with van der Waals surface area (Å²) in [6.45, 7) is 0.210. The number of hydrogen-bond acceptors (Lipinski definition) is 6. The molecule has 0 amide bonds. The molecule has 0 spiro atoms. The van der Waals surface area contributed by atoms with Gasteiger partial charge in [-0.05, 0) is 36.0 Å². The summed E-state index contributed by atoms with van der Waals surface area (Å²) < 4.78 is 21.2. The van der Waals surface area contributed by atoms with Crippen molar-refractivity contribution in [3.63, 3.8) is 0 Å². The maximum atomic E-state index is 13.3. The highest BCUT2D eigenvalue weighted by Gasteiger charge is 2.19. The summed E-state index contributed by atoms with van der Waals surface area (Å²) in [5.41, 5.74) is 7.97. The Kier molecular flexibility index (Phi) is 4.13. The van der Waals surface area contributed by atoms with Crippen molar-refractivity contribution in [2.45, 2.75) is 6.61 Å². The van der Waals surface area contributed by atoms with Gasteiger partial charge in [0.25, 0.3) is 5.56 Å². The van der Waals surface area contributed by atoms with E-state index in [0.29, 0.717) is 28.0 Å². The van der Waals surface area contributed by atoms with Crippen LogP contribution in [0, 0.1) is 5.82 Å². The van der Waals surface area contributed by atoms with Crippen molar-refractivity contribution >= 4 is 34.0 Å². The van der Waals surface area contributed by atoms with Gasteiger partial charge in [0.15, 0.2) is 16.3 Å². The zero-order chi connectivity index (χ0) is 19.1. The van der Waals surface area contributed by atoms with Crippen LogP contribution < -0.4 is 11.3 Å². The van der Waals surface area contributed by atoms with E-state index in [4.69, 9.17) is 22.7 Å². The summed E-state index contributed by atoms with van der Waals surface area (Å²) in [4.78, 5) is 12.5. The zero-order valence-corrected chi connectivity index (χ0v) is 14.9.